The van der Waals surface area contributed by atoms with Crippen LogP contribution in [0.4, 0.5) is 0 Å². The molecule has 84 valence electrons. The van der Waals surface area contributed by atoms with Gasteiger partial charge in [-0.2, -0.15) is 0 Å². The lowest BCUT2D eigenvalue weighted by Crippen LogP contribution is -2.24. The van der Waals surface area contributed by atoms with E-state index in [0.717, 1.165) is 11.4 Å². The molecular weight excluding hydrogens is 194 g/mol. The van der Waals surface area contributed by atoms with Crippen molar-refractivity contribution < 1.29 is 9.84 Å². The first-order valence-corrected chi connectivity index (χ1v) is 4.89. The van der Waals surface area contributed by atoms with Crippen molar-refractivity contribution in [1.82, 2.24) is 4.57 Å². The van der Waals surface area contributed by atoms with Crippen LogP contribution in [0.5, 0.6) is 0 Å². The van der Waals surface area contributed by atoms with Crippen LogP contribution in [0.15, 0.2) is 16.9 Å². The van der Waals surface area contributed by atoms with E-state index in [1.807, 2.05) is 18.4 Å². The first-order valence-electron chi connectivity index (χ1n) is 4.89. The fourth-order valence-corrected chi connectivity index (χ4v) is 1.85. The molecule has 0 aliphatic rings. The third-order valence-electron chi connectivity index (χ3n) is 2.40. The molecule has 0 saturated carbocycles. The summed E-state index contributed by atoms with van der Waals surface area (Å²) in [6, 6.07) is 2.99. The zero-order valence-corrected chi connectivity index (χ0v) is 9.36. The van der Waals surface area contributed by atoms with Gasteiger partial charge in [0.1, 0.15) is 0 Å². The van der Waals surface area contributed by atoms with E-state index >= 15 is 0 Å². The van der Waals surface area contributed by atoms with Crippen molar-refractivity contribution in [1.29, 1.82) is 0 Å². The molecule has 1 unspecified atom stereocenters. The fourth-order valence-electron chi connectivity index (χ4n) is 1.85. The normalized spacial score (nSPS) is 12.8. The first-order chi connectivity index (χ1) is 7.10. The monoisotopic (exact) mass is 211 g/mol. The predicted molar refractivity (Wildman–Crippen MR) is 58.2 cm³/mol. The van der Waals surface area contributed by atoms with Crippen LogP contribution in [0.1, 0.15) is 17.4 Å². The van der Waals surface area contributed by atoms with Gasteiger partial charge < -0.3 is 14.4 Å². The maximum Gasteiger partial charge on any atom is 0.182 e. The molecule has 1 N–H and O–H groups in total. The van der Waals surface area contributed by atoms with Gasteiger partial charge in [0.2, 0.25) is 0 Å². The summed E-state index contributed by atoms with van der Waals surface area (Å²) in [5, 5.41) is 9.25. The average molecular weight is 211 g/mol. The van der Waals surface area contributed by atoms with Crippen molar-refractivity contribution >= 4 is 0 Å². The van der Waals surface area contributed by atoms with Gasteiger partial charge in [0, 0.05) is 30.6 Å². The van der Waals surface area contributed by atoms with Gasteiger partial charge in [-0.3, -0.25) is 4.79 Å². The van der Waals surface area contributed by atoms with E-state index in [1.54, 1.807) is 19.2 Å². The highest BCUT2D eigenvalue weighted by Crippen LogP contribution is 2.12. The molecule has 4 heteroatoms. The number of aliphatic hydroxyl groups excluding tert-OH is 1. The van der Waals surface area contributed by atoms with Gasteiger partial charge >= 0.3 is 0 Å². The van der Waals surface area contributed by atoms with Crippen LogP contribution in [0.3, 0.4) is 0 Å². The van der Waals surface area contributed by atoms with Crippen molar-refractivity contribution in [3.8, 4) is 0 Å². The minimum absolute atomic E-state index is 0.00160. The third kappa shape index (κ3) is 2.67. The van der Waals surface area contributed by atoms with Gasteiger partial charge in [-0.25, -0.2) is 0 Å². The molecule has 1 heterocycles. The molecular formula is C11H17NO3. The van der Waals surface area contributed by atoms with Crippen molar-refractivity contribution in [2.75, 3.05) is 20.3 Å². The van der Waals surface area contributed by atoms with Gasteiger partial charge in [-0.05, 0) is 13.8 Å². The standard InChI is InChI=1S/C11H17NO3/c1-8-4-11(14)5-9(2)12(8)10(6-13)7-15-3/h4-5,10,13H,6-7H2,1-3H3. The fraction of sp³-hybridized carbons (Fsp3) is 0.545. The Labute approximate surface area is 89.1 Å². The number of aliphatic hydroxyl groups is 1. The lowest BCUT2D eigenvalue weighted by molar-refractivity contribution is 0.112. The molecule has 0 bridgehead atoms. The topological polar surface area (TPSA) is 51.5 Å². The lowest BCUT2D eigenvalue weighted by Gasteiger charge is -2.22. The molecule has 1 atom stereocenters. The second kappa shape index (κ2) is 5.09. The van der Waals surface area contributed by atoms with E-state index < -0.39 is 0 Å². The van der Waals surface area contributed by atoms with E-state index in [1.165, 1.54) is 0 Å². The number of aryl methyl sites for hydroxylation is 2. The van der Waals surface area contributed by atoms with E-state index in [2.05, 4.69) is 0 Å². The van der Waals surface area contributed by atoms with Gasteiger partial charge in [0.25, 0.3) is 0 Å². The summed E-state index contributed by atoms with van der Waals surface area (Å²) in [5.74, 6) is 0. The summed E-state index contributed by atoms with van der Waals surface area (Å²) in [6.45, 7) is 4.14. The minimum atomic E-state index is -0.129. The first kappa shape index (κ1) is 11.9. The van der Waals surface area contributed by atoms with Crippen molar-refractivity contribution in [2.45, 2.75) is 19.9 Å². The van der Waals surface area contributed by atoms with Crippen LogP contribution >= 0.6 is 0 Å². The molecule has 0 spiro atoms. The Morgan fingerprint density at radius 2 is 1.93 bits per heavy atom. The summed E-state index contributed by atoms with van der Waals surface area (Å²) in [5.41, 5.74) is 1.68. The SMILES string of the molecule is COCC(CO)n1c(C)cc(=O)cc1C. The summed E-state index contributed by atoms with van der Waals surface area (Å²) in [7, 11) is 1.59. The molecule has 0 aromatic carbocycles. The summed E-state index contributed by atoms with van der Waals surface area (Å²) in [4.78, 5) is 11.2. The summed E-state index contributed by atoms with van der Waals surface area (Å²) >= 11 is 0. The predicted octanol–water partition coefficient (Wildman–Crippen LogP) is 0.645. The zero-order valence-electron chi connectivity index (χ0n) is 9.36. The molecule has 15 heavy (non-hydrogen) atoms. The number of hydrogen-bond acceptors (Lipinski definition) is 3. The minimum Gasteiger partial charge on any atom is -0.394 e. The average Bonchev–Trinajstić information content (AvgIpc) is 2.14. The van der Waals surface area contributed by atoms with E-state index in [-0.39, 0.29) is 18.1 Å². The quantitative estimate of drug-likeness (QED) is 0.795. The van der Waals surface area contributed by atoms with Crippen molar-refractivity contribution in [3.63, 3.8) is 0 Å². The van der Waals surface area contributed by atoms with Gasteiger partial charge in [-0.15, -0.1) is 0 Å². The maximum atomic E-state index is 11.2. The number of ether oxygens (including phenoxy) is 1. The highest BCUT2D eigenvalue weighted by atomic mass is 16.5. The van der Waals surface area contributed by atoms with E-state index in [9.17, 15) is 9.90 Å². The number of nitrogens with zero attached hydrogens (tertiary/aromatic N) is 1. The number of rotatable bonds is 4. The van der Waals surface area contributed by atoms with E-state index in [4.69, 9.17) is 4.74 Å². The lowest BCUT2D eigenvalue weighted by atomic mass is 10.2. The molecule has 0 aliphatic carbocycles. The van der Waals surface area contributed by atoms with Gasteiger partial charge in [-0.1, -0.05) is 0 Å². The second-order valence-corrected chi connectivity index (χ2v) is 3.64. The molecule has 1 rings (SSSR count). The van der Waals surface area contributed by atoms with Gasteiger partial charge in [0.15, 0.2) is 5.43 Å². The van der Waals surface area contributed by atoms with Gasteiger partial charge in [0.05, 0.1) is 19.3 Å². The smallest absolute Gasteiger partial charge is 0.182 e. The molecule has 0 amide bonds. The van der Waals surface area contributed by atoms with E-state index in [0.29, 0.717) is 6.61 Å². The van der Waals surface area contributed by atoms with Crippen LogP contribution in [0.25, 0.3) is 0 Å². The Bertz CT molecular complexity index is 358. The number of hydrogen-bond donors (Lipinski definition) is 1. The molecule has 4 nitrogen and oxygen atoms in total. The van der Waals surface area contributed by atoms with Crippen LogP contribution in [0.2, 0.25) is 0 Å². The Hall–Kier alpha value is -1.13. The maximum absolute atomic E-state index is 11.2. The number of aromatic nitrogens is 1. The number of methoxy groups -OCH3 is 1. The molecule has 0 aliphatic heterocycles. The molecule has 1 aromatic heterocycles. The Morgan fingerprint density at radius 1 is 1.40 bits per heavy atom. The summed E-state index contributed by atoms with van der Waals surface area (Å²) in [6.07, 6.45) is 0. The van der Waals surface area contributed by atoms with Crippen LogP contribution in [-0.2, 0) is 4.74 Å². The van der Waals surface area contributed by atoms with Crippen molar-refractivity contribution in [3.05, 3.63) is 33.7 Å². The summed E-state index contributed by atoms with van der Waals surface area (Å²) < 4.78 is 6.95. The highest BCUT2D eigenvalue weighted by Gasteiger charge is 2.12. The van der Waals surface area contributed by atoms with Crippen molar-refractivity contribution in [2.24, 2.45) is 0 Å². The Morgan fingerprint density at radius 3 is 2.33 bits per heavy atom. The zero-order chi connectivity index (χ0) is 11.4. The Kier molecular flexibility index (Phi) is 4.05. The van der Waals surface area contributed by atoms with Crippen LogP contribution in [-0.4, -0.2) is 30.0 Å². The van der Waals surface area contributed by atoms with Crippen LogP contribution < -0.4 is 5.43 Å². The Balaban J connectivity index is 3.16. The third-order valence-corrected chi connectivity index (χ3v) is 2.40. The van der Waals surface area contributed by atoms with Crippen LogP contribution in [0, 0.1) is 13.8 Å². The highest BCUT2D eigenvalue weighted by molar-refractivity contribution is 5.13. The molecule has 0 saturated heterocycles. The molecule has 0 radical (unpaired) electrons. The number of pyridine rings is 1. The largest absolute Gasteiger partial charge is 0.394 e. The second-order valence-electron chi connectivity index (χ2n) is 3.64. The molecule has 1 aromatic rings. The molecule has 0 fully saturated rings.